The van der Waals surface area contributed by atoms with E-state index in [0.717, 1.165) is 28.4 Å². The summed E-state index contributed by atoms with van der Waals surface area (Å²) in [7, 11) is 0. The van der Waals surface area contributed by atoms with E-state index in [1.807, 2.05) is 56.3 Å². The van der Waals surface area contributed by atoms with Gasteiger partial charge in [0.2, 0.25) is 11.8 Å². The lowest BCUT2D eigenvalue weighted by atomic mass is 10.1. The highest BCUT2D eigenvalue weighted by molar-refractivity contribution is 9.10. The molecule has 2 amide bonds. The van der Waals surface area contributed by atoms with Crippen molar-refractivity contribution in [3.05, 3.63) is 58.1 Å². The van der Waals surface area contributed by atoms with Crippen LogP contribution in [-0.2, 0) is 22.6 Å². The number of carbonyl (C=O) groups is 2. The van der Waals surface area contributed by atoms with Gasteiger partial charge in [0.25, 0.3) is 0 Å². The van der Waals surface area contributed by atoms with Gasteiger partial charge in [-0.3, -0.25) is 9.59 Å². The summed E-state index contributed by atoms with van der Waals surface area (Å²) in [5.41, 5.74) is 1.97. The van der Waals surface area contributed by atoms with Crippen molar-refractivity contribution < 1.29 is 19.1 Å². The molecule has 0 aromatic heterocycles. The van der Waals surface area contributed by atoms with E-state index < -0.39 is 6.04 Å². The molecular weight excluding hydrogens is 496 g/mol. The summed E-state index contributed by atoms with van der Waals surface area (Å²) in [6, 6.07) is 13.0. The fourth-order valence-corrected chi connectivity index (χ4v) is 3.82. The van der Waals surface area contributed by atoms with Crippen molar-refractivity contribution in [2.24, 2.45) is 0 Å². The molecule has 0 bridgehead atoms. The number of nitrogens with one attached hydrogen (secondary N) is 1. The first-order chi connectivity index (χ1) is 16.4. The Kier molecular flexibility index (Phi) is 11.9. The van der Waals surface area contributed by atoms with Crippen LogP contribution in [0.2, 0.25) is 0 Å². The van der Waals surface area contributed by atoms with Crippen molar-refractivity contribution in [2.75, 3.05) is 19.8 Å². The third-order valence-corrected chi connectivity index (χ3v) is 6.03. The summed E-state index contributed by atoms with van der Waals surface area (Å²) in [6.07, 6.45) is 2.76. The monoisotopic (exact) mass is 532 g/mol. The lowest BCUT2D eigenvalue weighted by molar-refractivity contribution is -0.140. The van der Waals surface area contributed by atoms with E-state index in [1.165, 1.54) is 0 Å². The summed E-state index contributed by atoms with van der Waals surface area (Å²) >= 11 is 3.45. The number of halogens is 1. The zero-order valence-electron chi connectivity index (χ0n) is 20.7. The van der Waals surface area contributed by atoms with Crippen LogP contribution in [0.25, 0.3) is 0 Å². The Morgan fingerprint density at radius 1 is 0.971 bits per heavy atom. The van der Waals surface area contributed by atoms with Crippen molar-refractivity contribution in [1.29, 1.82) is 0 Å². The molecule has 2 aromatic rings. The van der Waals surface area contributed by atoms with Crippen molar-refractivity contribution >= 4 is 27.7 Å². The number of rotatable bonds is 14. The number of nitrogens with zero attached hydrogens (tertiary/aromatic N) is 1. The molecule has 0 aliphatic carbocycles. The highest BCUT2D eigenvalue weighted by Gasteiger charge is 2.25. The molecule has 0 aliphatic heterocycles. The second kappa shape index (κ2) is 14.7. The molecule has 0 radical (unpaired) electrons. The van der Waals surface area contributed by atoms with Crippen LogP contribution in [0.5, 0.6) is 11.5 Å². The number of hydrogen-bond donors (Lipinski definition) is 1. The van der Waals surface area contributed by atoms with Crippen molar-refractivity contribution in [3.8, 4) is 11.5 Å². The highest BCUT2D eigenvalue weighted by Crippen LogP contribution is 2.29. The van der Waals surface area contributed by atoms with Crippen molar-refractivity contribution in [2.45, 2.75) is 66.0 Å². The third kappa shape index (κ3) is 8.67. The molecular formula is C27H37BrN2O4. The molecule has 1 N–H and O–H groups in total. The molecule has 7 heteroatoms. The molecule has 0 spiro atoms. The minimum atomic E-state index is -0.563. The summed E-state index contributed by atoms with van der Waals surface area (Å²) in [5.74, 6) is 1.20. The van der Waals surface area contributed by atoms with Crippen LogP contribution < -0.4 is 14.8 Å². The van der Waals surface area contributed by atoms with E-state index in [2.05, 4.69) is 28.2 Å². The summed E-state index contributed by atoms with van der Waals surface area (Å²) in [6.45, 7) is 9.82. The van der Waals surface area contributed by atoms with Gasteiger partial charge >= 0.3 is 0 Å². The van der Waals surface area contributed by atoms with Crippen LogP contribution >= 0.6 is 15.9 Å². The van der Waals surface area contributed by atoms with E-state index in [1.54, 1.807) is 11.8 Å². The van der Waals surface area contributed by atoms with E-state index in [4.69, 9.17) is 9.47 Å². The van der Waals surface area contributed by atoms with Gasteiger partial charge in [-0.25, -0.2) is 0 Å². The standard InChI is InChI=1S/C27H37BrN2O4/c1-5-8-17-29-27(32)20(4)30(19-22-9-13-23(28)14-10-22)26(31)16-12-21-11-15-24(33-6-2)25(18-21)34-7-3/h9-11,13-15,18,20H,5-8,12,16-17,19H2,1-4H3,(H,29,32). The largest absolute Gasteiger partial charge is 0.490 e. The van der Waals surface area contributed by atoms with Gasteiger partial charge in [-0.2, -0.15) is 0 Å². The van der Waals surface area contributed by atoms with Crippen LogP contribution in [0.3, 0.4) is 0 Å². The van der Waals surface area contributed by atoms with E-state index in [9.17, 15) is 9.59 Å². The second-order valence-corrected chi connectivity index (χ2v) is 9.03. The molecule has 6 nitrogen and oxygen atoms in total. The predicted molar refractivity (Wildman–Crippen MR) is 139 cm³/mol. The third-order valence-electron chi connectivity index (χ3n) is 5.50. The summed E-state index contributed by atoms with van der Waals surface area (Å²) < 4.78 is 12.3. The first-order valence-corrected chi connectivity index (χ1v) is 12.9. The van der Waals surface area contributed by atoms with Gasteiger partial charge in [-0.15, -0.1) is 0 Å². The lowest BCUT2D eigenvalue weighted by Crippen LogP contribution is -2.47. The Hall–Kier alpha value is -2.54. The molecule has 0 aliphatic rings. The Morgan fingerprint density at radius 3 is 2.26 bits per heavy atom. The number of ether oxygens (including phenoxy) is 2. The second-order valence-electron chi connectivity index (χ2n) is 8.12. The molecule has 0 fully saturated rings. The first-order valence-electron chi connectivity index (χ1n) is 12.1. The van der Waals surface area contributed by atoms with E-state index >= 15 is 0 Å². The topological polar surface area (TPSA) is 67.9 Å². The zero-order valence-corrected chi connectivity index (χ0v) is 22.3. The molecule has 1 unspecified atom stereocenters. The Bertz CT molecular complexity index is 917. The zero-order chi connectivity index (χ0) is 24.9. The fraction of sp³-hybridized carbons (Fsp3) is 0.481. The number of aryl methyl sites for hydroxylation is 1. The molecule has 0 saturated heterocycles. The van der Waals surface area contributed by atoms with E-state index in [-0.39, 0.29) is 11.8 Å². The van der Waals surface area contributed by atoms with Crippen LogP contribution in [0.4, 0.5) is 0 Å². The number of unbranched alkanes of at least 4 members (excludes halogenated alkanes) is 1. The van der Waals surface area contributed by atoms with Crippen LogP contribution in [0.1, 0.15) is 58.1 Å². The average molecular weight is 534 g/mol. The first kappa shape index (κ1) is 27.7. The Balaban J connectivity index is 2.14. The number of amides is 2. The van der Waals surface area contributed by atoms with Crippen LogP contribution in [0, 0.1) is 0 Å². The van der Waals surface area contributed by atoms with Gasteiger partial charge in [0.15, 0.2) is 11.5 Å². The van der Waals surface area contributed by atoms with Gasteiger partial charge in [0.1, 0.15) is 6.04 Å². The van der Waals surface area contributed by atoms with E-state index in [0.29, 0.717) is 50.6 Å². The SMILES string of the molecule is CCCCNC(=O)C(C)N(Cc1ccc(Br)cc1)C(=O)CCc1ccc(OCC)c(OCC)c1. The molecule has 2 rings (SSSR count). The minimum absolute atomic E-state index is 0.0621. The molecule has 34 heavy (non-hydrogen) atoms. The normalized spacial score (nSPS) is 11.6. The maximum Gasteiger partial charge on any atom is 0.242 e. The van der Waals surface area contributed by atoms with Crippen LogP contribution in [-0.4, -0.2) is 42.5 Å². The molecule has 186 valence electrons. The number of hydrogen-bond acceptors (Lipinski definition) is 4. The quantitative estimate of drug-likeness (QED) is 0.325. The predicted octanol–water partition coefficient (Wildman–Crippen LogP) is 5.51. The average Bonchev–Trinajstić information content (AvgIpc) is 2.83. The van der Waals surface area contributed by atoms with Gasteiger partial charge in [0.05, 0.1) is 13.2 Å². The minimum Gasteiger partial charge on any atom is -0.490 e. The fourth-order valence-electron chi connectivity index (χ4n) is 3.55. The van der Waals surface area contributed by atoms with Gasteiger partial charge in [-0.1, -0.05) is 47.5 Å². The Labute approximate surface area is 212 Å². The molecule has 1 atom stereocenters. The summed E-state index contributed by atoms with van der Waals surface area (Å²) in [4.78, 5) is 27.7. The lowest BCUT2D eigenvalue weighted by Gasteiger charge is -2.29. The molecule has 2 aromatic carbocycles. The molecule has 0 heterocycles. The van der Waals surface area contributed by atoms with Crippen molar-refractivity contribution in [3.63, 3.8) is 0 Å². The maximum atomic E-state index is 13.3. The molecule has 0 saturated carbocycles. The maximum absolute atomic E-state index is 13.3. The highest BCUT2D eigenvalue weighted by atomic mass is 79.9. The van der Waals surface area contributed by atoms with Gasteiger partial charge in [0, 0.05) is 24.0 Å². The van der Waals surface area contributed by atoms with Gasteiger partial charge < -0.3 is 19.7 Å². The van der Waals surface area contributed by atoms with Gasteiger partial charge in [-0.05, 0) is 69.0 Å². The van der Waals surface area contributed by atoms with Crippen molar-refractivity contribution in [1.82, 2.24) is 10.2 Å². The smallest absolute Gasteiger partial charge is 0.242 e. The number of carbonyl (C=O) groups excluding carboxylic acids is 2. The van der Waals surface area contributed by atoms with Crippen LogP contribution in [0.15, 0.2) is 46.9 Å². The summed E-state index contributed by atoms with van der Waals surface area (Å²) in [5, 5.41) is 2.96. The number of benzene rings is 2. The Morgan fingerprint density at radius 2 is 1.62 bits per heavy atom.